The van der Waals surface area contributed by atoms with E-state index in [2.05, 4.69) is 27.8 Å². The first-order valence-corrected chi connectivity index (χ1v) is 18.6. The van der Waals surface area contributed by atoms with Gasteiger partial charge in [-0.3, -0.25) is 24.0 Å². The van der Waals surface area contributed by atoms with E-state index in [1.54, 1.807) is 4.90 Å². The lowest BCUT2D eigenvalue weighted by Crippen LogP contribution is -2.62. The summed E-state index contributed by atoms with van der Waals surface area (Å²) in [5.41, 5.74) is -0.696. The second-order valence-corrected chi connectivity index (χ2v) is 15.6. The Bertz CT molecular complexity index is 1190. The van der Waals surface area contributed by atoms with Gasteiger partial charge in [-0.25, -0.2) is 4.79 Å². The number of hydrogen-bond donors (Lipinski definition) is 4. The highest BCUT2D eigenvalue weighted by atomic mass is 16.2. The molecule has 49 heavy (non-hydrogen) atoms. The summed E-state index contributed by atoms with van der Waals surface area (Å²) in [6.07, 6.45) is 10.6. The van der Waals surface area contributed by atoms with Crippen molar-refractivity contribution in [3.05, 3.63) is 12.7 Å². The van der Waals surface area contributed by atoms with E-state index in [4.69, 9.17) is 0 Å². The van der Waals surface area contributed by atoms with Crippen molar-refractivity contribution < 1.29 is 28.8 Å². The summed E-state index contributed by atoms with van der Waals surface area (Å²) in [6.45, 7) is 16.7. The number of likely N-dealkylation sites (tertiary alicyclic amines) is 2. The summed E-state index contributed by atoms with van der Waals surface area (Å²) in [4.78, 5) is 83.8. The van der Waals surface area contributed by atoms with Crippen LogP contribution in [0.25, 0.3) is 0 Å². The maximum atomic E-state index is 14.4. The fourth-order valence-corrected chi connectivity index (χ4v) is 7.62. The average molecular weight is 687 g/mol. The van der Waals surface area contributed by atoms with Gasteiger partial charge in [0.2, 0.25) is 23.5 Å². The molecule has 6 amide bonds. The third kappa shape index (κ3) is 11.0. The summed E-state index contributed by atoms with van der Waals surface area (Å²) in [7, 11) is 0. The van der Waals surface area contributed by atoms with E-state index in [1.807, 2.05) is 46.4 Å². The van der Waals surface area contributed by atoms with E-state index in [-0.39, 0.29) is 48.6 Å². The van der Waals surface area contributed by atoms with Crippen molar-refractivity contribution in [1.82, 2.24) is 31.1 Å². The minimum atomic E-state index is -1.03. The van der Waals surface area contributed by atoms with Crippen molar-refractivity contribution >= 4 is 35.4 Å². The Morgan fingerprint density at radius 2 is 1.63 bits per heavy atom. The van der Waals surface area contributed by atoms with Crippen LogP contribution < -0.4 is 21.3 Å². The first-order valence-electron chi connectivity index (χ1n) is 18.6. The van der Waals surface area contributed by atoms with Gasteiger partial charge in [0.1, 0.15) is 12.1 Å². The van der Waals surface area contributed by atoms with Gasteiger partial charge in [0.05, 0.1) is 12.1 Å². The van der Waals surface area contributed by atoms with Crippen LogP contribution in [0.15, 0.2) is 12.7 Å². The van der Waals surface area contributed by atoms with Gasteiger partial charge in [-0.05, 0) is 61.7 Å². The van der Waals surface area contributed by atoms with E-state index < -0.39 is 47.2 Å². The molecule has 3 fully saturated rings. The van der Waals surface area contributed by atoms with Gasteiger partial charge >= 0.3 is 6.03 Å². The van der Waals surface area contributed by atoms with Crippen molar-refractivity contribution in [2.45, 2.75) is 136 Å². The molecule has 3 rings (SSSR count). The molecule has 5 atom stereocenters. The quantitative estimate of drug-likeness (QED) is 0.152. The lowest BCUT2D eigenvalue weighted by atomic mass is 9.83. The summed E-state index contributed by atoms with van der Waals surface area (Å²) >= 11 is 0. The molecule has 1 aliphatic carbocycles. The number of piperidine rings is 1. The molecule has 3 aliphatic rings. The number of ketones is 1. The van der Waals surface area contributed by atoms with E-state index in [9.17, 15) is 28.8 Å². The molecule has 1 saturated carbocycles. The van der Waals surface area contributed by atoms with Crippen LogP contribution in [0.4, 0.5) is 4.79 Å². The van der Waals surface area contributed by atoms with E-state index in [0.717, 1.165) is 44.9 Å². The lowest BCUT2D eigenvalue weighted by Gasteiger charge is -2.39. The molecule has 2 aliphatic heterocycles. The molecule has 0 spiro atoms. The van der Waals surface area contributed by atoms with Gasteiger partial charge in [-0.15, -0.1) is 6.58 Å². The van der Waals surface area contributed by atoms with Crippen molar-refractivity contribution in [2.24, 2.45) is 23.2 Å². The van der Waals surface area contributed by atoms with Crippen LogP contribution in [0.2, 0.25) is 0 Å². The molecule has 2 unspecified atom stereocenters. The van der Waals surface area contributed by atoms with Crippen molar-refractivity contribution in [1.29, 1.82) is 0 Å². The smallest absolute Gasteiger partial charge is 0.315 e. The number of nitrogens with one attached hydrogen (secondary N) is 4. The van der Waals surface area contributed by atoms with Crippen molar-refractivity contribution in [3.8, 4) is 0 Å². The standard InChI is InChI=1S/C37H62N6O6/c1-8-15-27(31(45)34(47)38-20-9-2)39-33(46)30-26(24(3)4)19-22-43(30)35(48)32(37(5,6)7)41-36(49)40-28(25-16-11-10-12-17-25)23-42-21-14-13-18-29(42)44/h9,24-28,30,32H,2,8,10-23H2,1,3-7H3,(H,38,47)(H,39,46)(H2,40,41,49)/t26?,27?,28-,30+,32-/m1/s1. The minimum Gasteiger partial charge on any atom is -0.346 e. The lowest BCUT2D eigenvalue weighted by molar-refractivity contribution is -0.144. The average Bonchev–Trinajstić information content (AvgIpc) is 3.52. The van der Waals surface area contributed by atoms with E-state index in [0.29, 0.717) is 38.9 Å². The molecule has 12 nitrogen and oxygen atoms in total. The van der Waals surface area contributed by atoms with Gasteiger partial charge in [0.25, 0.3) is 5.91 Å². The fourth-order valence-electron chi connectivity index (χ4n) is 7.62. The van der Waals surface area contributed by atoms with Crippen molar-refractivity contribution in [3.63, 3.8) is 0 Å². The van der Waals surface area contributed by atoms with Gasteiger partial charge < -0.3 is 31.1 Å². The molecule has 12 heteroatoms. The van der Waals surface area contributed by atoms with Gasteiger partial charge in [0.15, 0.2) is 0 Å². The first-order chi connectivity index (χ1) is 23.2. The summed E-state index contributed by atoms with van der Waals surface area (Å²) < 4.78 is 0. The van der Waals surface area contributed by atoms with Crippen LogP contribution in [-0.2, 0) is 24.0 Å². The minimum absolute atomic E-state index is 0.0582. The molecule has 276 valence electrons. The van der Waals surface area contributed by atoms with Crippen LogP contribution in [0, 0.1) is 23.2 Å². The van der Waals surface area contributed by atoms with Gasteiger partial charge in [-0.2, -0.15) is 0 Å². The predicted octanol–water partition coefficient (Wildman–Crippen LogP) is 3.69. The predicted molar refractivity (Wildman–Crippen MR) is 189 cm³/mol. The Morgan fingerprint density at radius 3 is 2.22 bits per heavy atom. The zero-order chi connectivity index (χ0) is 36.3. The van der Waals surface area contributed by atoms with Crippen LogP contribution in [-0.4, -0.2) is 95.6 Å². The molecular weight excluding hydrogens is 624 g/mol. The summed E-state index contributed by atoms with van der Waals surface area (Å²) in [5, 5.41) is 11.4. The second kappa shape index (κ2) is 18.5. The molecule has 2 heterocycles. The van der Waals surface area contributed by atoms with Gasteiger partial charge in [-0.1, -0.05) is 73.3 Å². The Kier molecular flexibility index (Phi) is 15.1. The number of urea groups is 1. The van der Waals surface area contributed by atoms with Crippen LogP contribution in [0.5, 0.6) is 0 Å². The molecule has 4 N–H and O–H groups in total. The third-order valence-corrected chi connectivity index (χ3v) is 10.5. The largest absolute Gasteiger partial charge is 0.346 e. The molecule has 0 aromatic rings. The Hall–Kier alpha value is -3.44. The molecule has 2 saturated heterocycles. The summed E-state index contributed by atoms with van der Waals surface area (Å²) in [5.74, 6) is -2.13. The molecule has 0 radical (unpaired) electrons. The summed E-state index contributed by atoms with van der Waals surface area (Å²) in [6, 6.07) is -3.54. The zero-order valence-electron chi connectivity index (χ0n) is 30.8. The second-order valence-electron chi connectivity index (χ2n) is 15.6. The van der Waals surface area contributed by atoms with Crippen molar-refractivity contribution in [2.75, 3.05) is 26.2 Å². The van der Waals surface area contributed by atoms with Crippen LogP contribution in [0.3, 0.4) is 0 Å². The van der Waals surface area contributed by atoms with E-state index >= 15 is 0 Å². The number of carbonyl (C=O) groups excluding carboxylic acids is 6. The first kappa shape index (κ1) is 40.0. The molecule has 0 bridgehead atoms. The van der Waals surface area contributed by atoms with Gasteiger partial charge in [0, 0.05) is 32.6 Å². The number of nitrogens with zero attached hydrogens (tertiary/aromatic N) is 2. The van der Waals surface area contributed by atoms with Crippen LogP contribution in [0.1, 0.15) is 112 Å². The Labute approximate surface area is 293 Å². The number of Topliss-reactive ketones (excluding diaryl/α,β-unsaturated/α-hetero) is 1. The number of amides is 6. The topological polar surface area (TPSA) is 157 Å². The zero-order valence-corrected chi connectivity index (χ0v) is 30.8. The molecule has 0 aromatic carbocycles. The van der Waals surface area contributed by atoms with E-state index in [1.165, 1.54) is 6.08 Å². The monoisotopic (exact) mass is 686 g/mol. The number of rotatable bonds is 15. The number of carbonyl (C=O) groups is 6. The third-order valence-electron chi connectivity index (χ3n) is 10.5. The SMILES string of the molecule is C=CCNC(=O)C(=O)C(CCC)NC(=O)[C@@H]1C(C(C)C)CCN1C(=O)[C@@H](NC(=O)N[C@H](CN1CCCCC1=O)C1CCCCC1)C(C)(C)C. The van der Waals surface area contributed by atoms with Crippen LogP contribution >= 0.6 is 0 Å². The highest BCUT2D eigenvalue weighted by Gasteiger charge is 2.48. The maximum Gasteiger partial charge on any atom is 0.315 e. The highest BCUT2D eigenvalue weighted by molar-refractivity contribution is 6.38. The maximum absolute atomic E-state index is 14.4. The molecular formula is C37H62N6O6. The fraction of sp³-hybridized carbons (Fsp3) is 0.784. The normalized spacial score (nSPS) is 22.2. The Balaban J connectivity index is 1.81. The Morgan fingerprint density at radius 1 is 0.939 bits per heavy atom. The molecule has 0 aromatic heterocycles. The highest BCUT2D eigenvalue weighted by Crippen LogP contribution is 2.34. The number of hydrogen-bond acceptors (Lipinski definition) is 6.